The standard InChI is InChI=1S/C14H26N2O/c1-3-12-10-16(13(4-2)9-15-12)14(17)8-11-6-5-7-11/h11-13,15H,3-10H2,1-2H3. The number of hydrogen-bond acceptors (Lipinski definition) is 2. The van der Waals surface area contributed by atoms with Crippen LogP contribution in [-0.4, -0.2) is 36.0 Å². The minimum atomic E-state index is 0.404. The van der Waals surface area contributed by atoms with Crippen molar-refractivity contribution in [3.05, 3.63) is 0 Å². The third-order valence-corrected chi connectivity index (χ3v) is 4.47. The van der Waals surface area contributed by atoms with Gasteiger partial charge in [-0.3, -0.25) is 4.79 Å². The van der Waals surface area contributed by atoms with Crippen molar-refractivity contribution in [2.24, 2.45) is 5.92 Å². The summed E-state index contributed by atoms with van der Waals surface area (Å²) in [6, 6.07) is 0.925. The van der Waals surface area contributed by atoms with E-state index in [1.165, 1.54) is 19.3 Å². The van der Waals surface area contributed by atoms with E-state index in [1.54, 1.807) is 0 Å². The van der Waals surface area contributed by atoms with Gasteiger partial charge in [0.2, 0.25) is 5.91 Å². The Morgan fingerprint density at radius 1 is 1.29 bits per heavy atom. The fourth-order valence-corrected chi connectivity index (χ4v) is 2.87. The predicted molar refractivity (Wildman–Crippen MR) is 69.8 cm³/mol. The molecule has 2 atom stereocenters. The van der Waals surface area contributed by atoms with E-state index in [9.17, 15) is 4.79 Å². The average Bonchev–Trinajstić information content (AvgIpc) is 2.32. The van der Waals surface area contributed by atoms with Gasteiger partial charge in [0.05, 0.1) is 0 Å². The molecule has 0 bridgehead atoms. The van der Waals surface area contributed by atoms with E-state index in [0.29, 0.717) is 23.9 Å². The molecule has 1 N–H and O–H groups in total. The van der Waals surface area contributed by atoms with Crippen molar-refractivity contribution in [3.63, 3.8) is 0 Å². The fraction of sp³-hybridized carbons (Fsp3) is 0.929. The molecule has 0 aromatic heterocycles. The topological polar surface area (TPSA) is 32.3 Å². The number of nitrogens with one attached hydrogen (secondary N) is 1. The quantitative estimate of drug-likeness (QED) is 0.814. The van der Waals surface area contributed by atoms with E-state index in [-0.39, 0.29) is 0 Å². The Morgan fingerprint density at radius 3 is 2.59 bits per heavy atom. The molecule has 2 aliphatic rings. The molecule has 1 saturated carbocycles. The third-order valence-electron chi connectivity index (χ3n) is 4.47. The van der Waals surface area contributed by atoms with Crippen LogP contribution in [0.15, 0.2) is 0 Å². The lowest BCUT2D eigenvalue weighted by Gasteiger charge is -2.41. The van der Waals surface area contributed by atoms with Crippen molar-refractivity contribution in [1.82, 2.24) is 10.2 Å². The minimum Gasteiger partial charge on any atom is -0.337 e. The summed E-state index contributed by atoms with van der Waals surface area (Å²) in [5.74, 6) is 1.09. The van der Waals surface area contributed by atoms with Crippen LogP contribution in [0, 0.1) is 5.92 Å². The van der Waals surface area contributed by atoms with Gasteiger partial charge < -0.3 is 10.2 Å². The van der Waals surface area contributed by atoms with Gasteiger partial charge in [0.1, 0.15) is 0 Å². The fourth-order valence-electron chi connectivity index (χ4n) is 2.87. The lowest BCUT2D eigenvalue weighted by molar-refractivity contribution is -0.137. The van der Waals surface area contributed by atoms with Crippen molar-refractivity contribution in [3.8, 4) is 0 Å². The van der Waals surface area contributed by atoms with Gasteiger partial charge in [-0.05, 0) is 31.6 Å². The summed E-state index contributed by atoms with van der Waals surface area (Å²) in [6.07, 6.45) is 6.85. The Labute approximate surface area is 105 Å². The van der Waals surface area contributed by atoms with Crippen LogP contribution >= 0.6 is 0 Å². The van der Waals surface area contributed by atoms with Gasteiger partial charge in [0, 0.05) is 31.6 Å². The van der Waals surface area contributed by atoms with Crippen LogP contribution < -0.4 is 5.32 Å². The zero-order chi connectivity index (χ0) is 12.3. The molecule has 2 fully saturated rings. The second kappa shape index (κ2) is 5.85. The lowest BCUT2D eigenvalue weighted by atomic mass is 9.82. The molecule has 3 nitrogen and oxygen atoms in total. The summed E-state index contributed by atoms with van der Waals surface area (Å²) >= 11 is 0. The highest BCUT2D eigenvalue weighted by molar-refractivity contribution is 5.77. The molecular weight excluding hydrogens is 212 g/mol. The van der Waals surface area contributed by atoms with Crippen LogP contribution in [0.2, 0.25) is 0 Å². The summed E-state index contributed by atoms with van der Waals surface area (Å²) in [4.78, 5) is 14.5. The highest BCUT2D eigenvalue weighted by Crippen LogP contribution is 2.30. The zero-order valence-corrected chi connectivity index (χ0v) is 11.2. The number of nitrogens with zero attached hydrogens (tertiary/aromatic N) is 1. The van der Waals surface area contributed by atoms with E-state index in [1.807, 2.05) is 0 Å². The van der Waals surface area contributed by atoms with Crippen molar-refractivity contribution in [1.29, 1.82) is 0 Å². The van der Waals surface area contributed by atoms with E-state index in [2.05, 4.69) is 24.1 Å². The van der Waals surface area contributed by atoms with Gasteiger partial charge >= 0.3 is 0 Å². The molecule has 2 unspecified atom stereocenters. The molecule has 1 heterocycles. The van der Waals surface area contributed by atoms with Crippen LogP contribution in [0.1, 0.15) is 52.4 Å². The maximum atomic E-state index is 12.3. The van der Waals surface area contributed by atoms with Gasteiger partial charge in [0.15, 0.2) is 0 Å². The molecule has 1 aliphatic heterocycles. The first-order chi connectivity index (χ1) is 8.24. The summed E-state index contributed by atoms with van der Waals surface area (Å²) < 4.78 is 0. The number of hydrogen-bond donors (Lipinski definition) is 1. The van der Waals surface area contributed by atoms with Crippen LogP contribution in [-0.2, 0) is 4.79 Å². The van der Waals surface area contributed by atoms with Gasteiger partial charge in [0.25, 0.3) is 0 Å². The average molecular weight is 238 g/mol. The van der Waals surface area contributed by atoms with Crippen LogP contribution in [0.5, 0.6) is 0 Å². The molecule has 0 radical (unpaired) electrons. The normalized spacial score (nSPS) is 30.1. The van der Waals surface area contributed by atoms with Crippen LogP contribution in [0.3, 0.4) is 0 Å². The van der Waals surface area contributed by atoms with E-state index in [0.717, 1.165) is 32.4 Å². The van der Waals surface area contributed by atoms with Crippen LogP contribution in [0.25, 0.3) is 0 Å². The number of piperazine rings is 1. The monoisotopic (exact) mass is 238 g/mol. The molecule has 0 aromatic rings. The second-order valence-corrected chi connectivity index (χ2v) is 5.62. The Balaban J connectivity index is 1.90. The summed E-state index contributed by atoms with van der Waals surface area (Å²) in [7, 11) is 0. The number of carbonyl (C=O) groups is 1. The Morgan fingerprint density at radius 2 is 2.06 bits per heavy atom. The first-order valence-corrected chi connectivity index (χ1v) is 7.27. The Hall–Kier alpha value is -0.570. The highest BCUT2D eigenvalue weighted by atomic mass is 16.2. The summed E-state index contributed by atoms with van der Waals surface area (Å²) in [6.45, 7) is 6.27. The minimum absolute atomic E-state index is 0.404. The number of rotatable bonds is 4. The SMILES string of the molecule is CCC1CN(C(=O)CC2CCC2)C(CC)CN1. The predicted octanol–water partition coefficient (Wildman–Crippen LogP) is 2.17. The molecule has 17 heavy (non-hydrogen) atoms. The van der Waals surface area contributed by atoms with Gasteiger partial charge in [-0.15, -0.1) is 0 Å². The largest absolute Gasteiger partial charge is 0.337 e. The molecule has 0 spiro atoms. The molecular formula is C14H26N2O. The van der Waals surface area contributed by atoms with Gasteiger partial charge in [-0.1, -0.05) is 20.3 Å². The van der Waals surface area contributed by atoms with Crippen molar-refractivity contribution in [2.45, 2.75) is 64.5 Å². The van der Waals surface area contributed by atoms with E-state index >= 15 is 0 Å². The third kappa shape index (κ3) is 3.01. The van der Waals surface area contributed by atoms with E-state index < -0.39 is 0 Å². The Bertz CT molecular complexity index is 263. The lowest BCUT2D eigenvalue weighted by Crippen LogP contribution is -2.58. The highest BCUT2D eigenvalue weighted by Gasteiger charge is 2.31. The molecule has 0 aromatic carbocycles. The van der Waals surface area contributed by atoms with Crippen molar-refractivity contribution in [2.75, 3.05) is 13.1 Å². The second-order valence-electron chi connectivity index (χ2n) is 5.62. The summed E-state index contributed by atoms with van der Waals surface area (Å²) in [5.41, 5.74) is 0. The first kappa shape index (κ1) is 12.9. The Kier molecular flexibility index (Phi) is 4.43. The maximum Gasteiger partial charge on any atom is 0.223 e. The maximum absolute atomic E-state index is 12.3. The van der Waals surface area contributed by atoms with Crippen LogP contribution in [0.4, 0.5) is 0 Å². The molecule has 3 heteroatoms. The molecule has 1 amide bonds. The number of amides is 1. The number of carbonyl (C=O) groups excluding carboxylic acids is 1. The first-order valence-electron chi connectivity index (χ1n) is 7.27. The van der Waals surface area contributed by atoms with Gasteiger partial charge in [-0.25, -0.2) is 0 Å². The smallest absolute Gasteiger partial charge is 0.223 e. The summed E-state index contributed by atoms with van der Waals surface area (Å²) in [5, 5.41) is 3.54. The molecule has 1 saturated heterocycles. The zero-order valence-electron chi connectivity index (χ0n) is 11.2. The van der Waals surface area contributed by atoms with Gasteiger partial charge in [-0.2, -0.15) is 0 Å². The molecule has 98 valence electrons. The van der Waals surface area contributed by atoms with E-state index in [4.69, 9.17) is 0 Å². The van der Waals surface area contributed by atoms with Crippen molar-refractivity contribution >= 4 is 5.91 Å². The molecule has 2 rings (SSSR count). The van der Waals surface area contributed by atoms with Crippen molar-refractivity contribution < 1.29 is 4.79 Å². The molecule has 1 aliphatic carbocycles.